The number of nitro benzene ring substituents is 1. The van der Waals surface area contributed by atoms with Gasteiger partial charge in [0, 0.05) is 10.7 Å². The summed E-state index contributed by atoms with van der Waals surface area (Å²) in [6, 6.07) is 10.1. The Labute approximate surface area is 115 Å². The SMILES string of the molecule is Cc1ccc(Nc2cccc(N)c2[N+](=O)[O-])cc1Cl. The summed E-state index contributed by atoms with van der Waals surface area (Å²) in [5.41, 5.74) is 7.55. The minimum Gasteiger partial charge on any atom is -0.393 e. The van der Waals surface area contributed by atoms with Gasteiger partial charge in [0.05, 0.1) is 4.92 Å². The van der Waals surface area contributed by atoms with Crippen LogP contribution in [0.15, 0.2) is 36.4 Å². The van der Waals surface area contributed by atoms with E-state index in [1.807, 2.05) is 13.0 Å². The molecule has 2 aromatic rings. The maximum Gasteiger partial charge on any atom is 0.315 e. The van der Waals surface area contributed by atoms with E-state index < -0.39 is 4.92 Å². The van der Waals surface area contributed by atoms with Crippen molar-refractivity contribution >= 4 is 34.4 Å². The molecule has 19 heavy (non-hydrogen) atoms. The first-order valence-electron chi connectivity index (χ1n) is 5.55. The van der Waals surface area contributed by atoms with Crippen LogP contribution < -0.4 is 11.1 Å². The first-order valence-corrected chi connectivity index (χ1v) is 5.93. The number of benzene rings is 2. The van der Waals surface area contributed by atoms with E-state index in [0.29, 0.717) is 16.4 Å². The number of rotatable bonds is 3. The van der Waals surface area contributed by atoms with Crippen molar-refractivity contribution in [1.29, 1.82) is 0 Å². The third-order valence-electron chi connectivity index (χ3n) is 2.70. The topological polar surface area (TPSA) is 81.2 Å². The highest BCUT2D eigenvalue weighted by atomic mass is 35.5. The van der Waals surface area contributed by atoms with E-state index in [1.54, 1.807) is 24.3 Å². The van der Waals surface area contributed by atoms with Crippen molar-refractivity contribution in [3.8, 4) is 0 Å². The average molecular weight is 278 g/mol. The van der Waals surface area contributed by atoms with Crippen molar-refractivity contribution in [2.24, 2.45) is 0 Å². The van der Waals surface area contributed by atoms with Crippen LogP contribution in [0.25, 0.3) is 0 Å². The monoisotopic (exact) mass is 277 g/mol. The maximum atomic E-state index is 11.0. The highest BCUT2D eigenvalue weighted by Gasteiger charge is 2.17. The van der Waals surface area contributed by atoms with Crippen LogP contribution in [0.1, 0.15) is 5.56 Å². The van der Waals surface area contributed by atoms with E-state index in [9.17, 15) is 10.1 Å². The molecule has 0 aliphatic carbocycles. The normalized spacial score (nSPS) is 10.2. The summed E-state index contributed by atoms with van der Waals surface area (Å²) in [7, 11) is 0. The van der Waals surface area contributed by atoms with Gasteiger partial charge in [-0.25, -0.2) is 0 Å². The molecule has 0 unspecified atom stereocenters. The summed E-state index contributed by atoms with van der Waals surface area (Å²) in [6.07, 6.45) is 0. The van der Waals surface area contributed by atoms with Crippen LogP contribution in [0.3, 0.4) is 0 Å². The third kappa shape index (κ3) is 2.77. The highest BCUT2D eigenvalue weighted by molar-refractivity contribution is 6.31. The zero-order valence-electron chi connectivity index (χ0n) is 10.2. The van der Waals surface area contributed by atoms with E-state index in [4.69, 9.17) is 17.3 Å². The largest absolute Gasteiger partial charge is 0.393 e. The molecule has 0 fully saturated rings. The number of nitro groups is 1. The van der Waals surface area contributed by atoms with Gasteiger partial charge in [0.15, 0.2) is 0 Å². The fourth-order valence-electron chi connectivity index (χ4n) is 1.69. The first kappa shape index (κ1) is 13.2. The first-order chi connectivity index (χ1) is 8.99. The lowest BCUT2D eigenvalue weighted by molar-refractivity contribution is -0.383. The predicted molar refractivity (Wildman–Crippen MR) is 77.0 cm³/mol. The third-order valence-corrected chi connectivity index (χ3v) is 3.11. The average Bonchev–Trinajstić information content (AvgIpc) is 2.33. The molecule has 0 radical (unpaired) electrons. The van der Waals surface area contributed by atoms with Gasteiger partial charge < -0.3 is 11.1 Å². The summed E-state index contributed by atoms with van der Waals surface area (Å²) in [4.78, 5) is 10.5. The smallest absolute Gasteiger partial charge is 0.315 e. The van der Waals surface area contributed by atoms with Crippen LogP contribution >= 0.6 is 11.6 Å². The summed E-state index contributed by atoms with van der Waals surface area (Å²) < 4.78 is 0. The van der Waals surface area contributed by atoms with Gasteiger partial charge in [-0.1, -0.05) is 23.7 Å². The van der Waals surface area contributed by atoms with E-state index >= 15 is 0 Å². The van der Waals surface area contributed by atoms with Crippen molar-refractivity contribution < 1.29 is 4.92 Å². The molecule has 6 heteroatoms. The van der Waals surface area contributed by atoms with Crippen LogP contribution in [0, 0.1) is 17.0 Å². The maximum absolute atomic E-state index is 11.0. The number of para-hydroxylation sites is 1. The Balaban J connectivity index is 2.40. The van der Waals surface area contributed by atoms with Gasteiger partial charge in [-0.3, -0.25) is 10.1 Å². The van der Waals surface area contributed by atoms with Crippen molar-refractivity contribution in [1.82, 2.24) is 0 Å². The molecule has 0 aliphatic heterocycles. The van der Waals surface area contributed by atoms with Gasteiger partial charge >= 0.3 is 5.69 Å². The molecule has 2 rings (SSSR count). The molecule has 0 saturated heterocycles. The Morgan fingerprint density at radius 2 is 2.05 bits per heavy atom. The number of aryl methyl sites for hydroxylation is 1. The lowest BCUT2D eigenvalue weighted by atomic mass is 10.2. The summed E-state index contributed by atoms with van der Waals surface area (Å²) >= 11 is 6.02. The number of nitrogens with one attached hydrogen (secondary N) is 1. The van der Waals surface area contributed by atoms with Gasteiger partial charge in [0.2, 0.25) is 0 Å². The number of hydrogen-bond acceptors (Lipinski definition) is 4. The molecular weight excluding hydrogens is 266 g/mol. The Hall–Kier alpha value is -2.27. The van der Waals surface area contributed by atoms with Crippen molar-refractivity contribution in [3.05, 3.63) is 57.1 Å². The number of anilines is 3. The molecule has 0 heterocycles. The zero-order chi connectivity index (χ0) is 14.0. The molecule has 0 bridgehead atoms. The van der Waals surface area contributed by atoms with Gasteiger partial charge in [-0.15, -0.1) is 0 Å². The van der Waals surface area contributed by atoms with Crippen molar-refractivity contribution in [2.45, 2.75) is 6.92 Å². The van der Waals surface area contributed by atoms with Gasteiger partial charge in [0.25, 0.3) is 0 Å². The number of hydrogen-bond donors (Lipinski definition) is 2. The van der Waals surface area contributed by atoms with Crippen LogP contribution in [-0.4, -0.2) is 4.92 Å². The van der Waals surface area contributed by atoms with Crippen LogP contribution in [0.2, 0.25) is 5.02 Å². The Kier molecular flexibility index (Phi) is 3.57. The Bertz CT molecular complexity index is 644. The molecular formula is C13H12ClN3O2. The van der Waals surface area contributed by atoms with E-state index in [0.717, 1.165) is 5.56 Å². The standard InChI is InChI=1S/C13H12ClN3O2/c1-8-5-6-9(7-10(8)14)16-12-4-2-3-11(15)13(12)17(18)19/h2-7,16H,15H2,1H3. The number of halogens is 1. The second-order valence-corrected chi connectivity index (χ2v) is 4.50. The number of nitrogens with two attached hydrogens (primary N) is 1. The van der Waals surface area contributed by atoms with Crippen LogP contribution in [0.4, 0.5) is 22.7 Å². The Morgan fingerprint density at radius 1 is 1.32 bits per heavy atom. The lowest BCUT2D eigenvalue weighted by Gasteiger charge is -2.09. The van der Waals surface area contributed by atoms with E-state index in [2.05, 4.69) is 5.32 Å². The molecule has 5 nitrogen and oxygen atoms in total. The van der Waals surface area contributed by atoms with Crippen molar-refractivity contribution in [2.75, 3.05) is 11.1 Å². The lowest BCUT2D eigenvalue weighted by Crippen LogP contribution is -2.01. The summed E-state index contributed by atoms with van der Waals surface area (Å²) in [5, 5.41) is 14.6. The summed E-state index contributed by atoms with van der Waals surface area (Å²) in [6.45, 7) is 1.88. The van der Waals surface area contributed by atoms with E-state index in [1.165, 1.54) is 6.07 Å². The Morgan fingerprint density at radius 3 is 2.68 bits per heavy atom. The van der Waals surface area contributed by atoms with Gasteiger partial charge in [0.1, 0.15) is 11.4 Å². The van der Waals surface area contributed by atoms with Gasteiger partial charge in [-0.05, 0) is 36.8 Å². The quantitative estimate of drug-likeness (QED) is 0.507. The second-order valence-electron chi connectivity index (χ2n) is 4.09. The van der Waals surface area contributed by atoms with E-state index in [-0.39, 0.29) is 11.4 Å². The molecule has 0 amide bonds. The van der Waals surface area contributed by atoms with Crippen molar-refractivity contribution in [3.63, 3.8) is 0 Å². The number of nitrogen functional groups attached to an aromatic ring is 1. The molecule has 3 N–H and O–H groups in total. The fourth-order valence-corrected chi connectivity index (χ4v) is 1.87. The molecule has 0 atom stereocenters. The van der Waals surface area contributed by atoms with Crippen LogP contribution in [0.5, 0.6) is 0 Å². The molecule has 0 spiro atoms. The molecule has 2 aromatic carbocycles. The second kappa shape index (κ2) is 5.16. The zero-order valence-corrected chi connectivity index (χ0v) is 10.9. The molecule has 0 saturated carbocycles. The minimum atomic E-state index is -0.506. The highest BCUT2D eigenvalue weighted by Crippen LogP contribution is 2.33. The summed E-state index contributed by atoms with van der Waals surface area (Å²) in [5.74, 6) is 0. The minimum absolute atomic E-state index is 0.119. The predicted octanol–water partition coefficient (Wildman–Crippen LogP) is 3.88. The van der Waals surface area contributed by atoms with Gasteiger partial charge in [-0.2, -0.15) is 0 Å². The molecule has 0 aromatic heterocycles. The molecule has 0 aliphatic rings. The van der Waals surface area contributed by atoms with Crippen LogP contribution in [-0.2, 0) is 0 Å². The number of nitrogens with zero attached hydrogens (tertiary/aromatic N) is 1. The molecule has 98 valence electrons. The fraction of sp³-hybridized carbons (Fsp3) is 0.0769.